The van der Waals surface area contributed by atoms with Crippen molar-refractivity contribution in [2.45, 2.75) is 31.1 Å². The van der Waals surface area contributed by atoms with Gasteiger partial charge in [-0.1, -0.05) is 25.5 Å². The Morgan fingerprint density at radius 3 is 2.67 bits per heavy atom. The lowest BCUT2D eigenvalue weighted by atomic mass is 10.1. The zero-order chi connectivity index (χ0) is 13.2. The number of benzene rings is 1. The monoisotopic (exact) mass is 267 g/mol. The number of thiol groups is 1. The van der Waals surface area contributed by atoms with Crippen molar-refractivity contribution in [3.05, 3.63) is 29.8 Å². The van der Waals surface area contributed by atoms with Crippen LogP contribution in [0.4, 0.5) is 0 Å². The van der Waals surface area contributed by atoms with E-state index in [-0.39, 0.29) is 5.91 Å². The third-order valence-corrected chi connectivity index (χ3v) is 2.81. The van der Waals surface area contributed by atoms with E-state index in [1.165, 1.54) is 0 Å². The summed E-state index contributed by atoms with van der Waals surface area (Å²) < 4.78 is 5.37. The van der Waals surface area contributed by atoms with Gasteiger partial charge in [0.15, 0.2) is 0 Å². The van der Waals surface area contributed by atoms with Crippen LogP contribution in [0.5, 0.6) is 0 Å². The Morgan fingerprint density at radius 2 is 2.00 bits per heavy atom. The summed E-state index contributed by atoms with van der Waals surface area (Å²) in [5.74, 6) is 0.0287. The normalized spacial score (nSPS) is 10.3. The topological polar surface area (TPSA) is 38.3 Å². The van der Waals surface area contributed by atoms with Gasteiger partial charge in [0, 0.05) is 18.0 Å². The quantitative estimate of drug-likeness (QED) is 0.561. The number of carbonyl (C=O) groups is 1. The molecule has 100 valence electrons. The highest BCUT2D eigenvalue weighted by atomic mass is 32.1. The summed E-state index contributed by atoms with van der Waals surface area (Å²) in [6.07, 6.45) is 2.61. The van der Waals surface area contributed by atoms with Gasteiger partial charge in [0.1, 0.15) is 0 Å². The summed E-state index contributed by atoms with van der Waals surface area (Å²) in [6, 6.07) is 7.61. The fourth-order valence-electron chi connectivity index (χ4n) is 1.47. The first-order valence-electron chi connectivity index (χ1n) is 6.34. The Balaban J connectivity index is 2.12. The number of unbranched alkanes of at least 4 members (excludes halogenated alkanes) is 1. The number of carbonyl (C=O) groups excluding carboxylic acids is 1. The van der Waals surface area contributed by atoms with E-state index in [0.29, 0.717) is 19.6 Å². The van der Waals surface area contributed by atoms with Crippen LogP contribution < -0.4 is 5.32 Å². The Hall–Kier alpha value is -1.00. The van der Waals surface area contributed by atoms with E-state index in [4.69, 9.17) is 4.74 Å². The van der Waals surface area contributed by atoms with E-state index < -0.39 is 0 Å². The van der Waals surface area contributed by atoms with Gasteiger partial charge in [-0.25, -0.2) is 0 Å². The minimum Gasteiger partial charge on any atom is -0.380 e. The standard InChI is InChI=1S/C14H21NO2S/c1-2-3-9-17-10-8-15-14(16)11-12-4-6-13(18)7-5-12/h4-7,18H,2-3,8-11H2,1H3,(H,15,16). The molecule has 0 aliphatic carbocycles. The molecule has 18 heavy (non-hydrogen) atoms. The molecule has 1 aromatic rings. The number of rotatable bonds is 8. The van der Waals surface area contributed by atoms with Crippen LogP contribution in [0, 0.1) is 0 Å². The van der Waals surface area contributed by atoms with Crippen LogP contribution in [-0.4, -0.2) is 25.7 Å². The van der Waals surface area contributed by atoms with E-state index in [0.717, 1.165) is 29.9 Å². The minimum absolute atomic E-state index is 0.0287. The summed E-state index contributed by atoms with van der Waals surface area (Å²) in [4.78, 5) is 12.5. The number of nitrogens with one attached hydrogen (secondary N) is 1. The summed E-state index contributed by atoms with van der Waals surface area (Å²) >= 11 is 4.20. The lowest BCUT2D eigenvalue weighted by Crippen LogP contribution is -2.28. The van der Waals surface area contributed by atoms with E-state index in [9.17, 15) is 4.79 Å². The molecule has 0 saturated heterocycles. The molecule has 0 atom stereocenters. The molecule has 1 rings (SSSR count). The second kappa shape index (κ2) is 9.00. The van der Waals surface area contributed by atoms with Gasteiger partial charge in [0.05, 0.1) is 13.0 Å². The average molecular weight is 267 g/mol. The summed E-state index contributed by atoms with van der Waals surface area (Å²) in [5.41, 5.74) is 0.997. The first-order chi connectivity index (χ1) is 8.72. The highest BCUT2D eigenvalue weighted by molar-refractivity contribution is 7.80. The largest absolute Gasteiger partial charge is 0.380 e. The molecule has 0 aliphatic heterocycles. The predicted molar refractivity (Wildman–Crippen MR) is 76.1 cm³/mol. The summed E-state index contributed by atoms with van der Waals surface area (Å²) in [6.45, 7) is 4.06. The van der Waals surface area contributed by atoms with E-state index >= 15 is 0 Å². The smallest absolute Gasteiger partial charge is 0.224 e. The molecule has 1 amide bonds. The molecular formula is C14H21NO2S. The van der Waals surface area contributed by atoms with Crippen LogP contribution in [0.25, 0.3) is 0 Å². The lowest BCUT2D eigenvalue weighted by molar-refractivity contribution is -0.120. The van der Waals surface area contributed by atoms with Gasteiger partial charge >= 0.3 is 0 Å². The van der Waals surface area contributed by atoms with Crippen LogP contribution in [0.1, 0.15) is 25.3 Å². The molecule has 0 heterocycles. The molecule has 0 fully saturated rings. The average Bonchev–Trinajstić information content (AvgIpc) is 2.36. The molecule has 0 spiro atoms. The third kappa shape index (κ3) is 6.67. The highest BCUT2D eigenvalue weighted by Gasteiger charge is 2.02. The highest BCUT2D eigenvalue weighted by Crippen LogP contribution is 2.07. The van der Waals surface area contributed by atoms with Crippen LogP contribution in [-0.2, 0) is 16.0 Å². The minimum atomic E-state index is 0.0287. The Labute approximate surface area is 114 Å². The van der Waals surface area contributed by atoms with Crippen molar-refractivity contribution in [2.75, 3.05) is 19.8 Å². The van der Waals surface area contributed by atoms with Crippen LogP contribution >= 0.6 is 12.6 Å². The molecule has 0 radical (unpaired) electrons. The number of hydrogen-bond donors (Lipinski definition) is 2. The predicted octanol–water partition coefficient (Wildman–Crippen LogP) is 2.45. The molecule has 0 aromatic heterocycles. The van der Waals surface area contributed by atoms with Gasteiger partial charge in [-0.15, -0.1) is 12.6 Å². The van der Waals surface area contributed by atoms with Crippen molar-refractivity contribution in [2.24, 2.45) is 0 Å². The molecule has 0 saturated carbocycles. The fraction of sp³-hybridized carbons (Fsp3) is 0.500. The fourth-order valence-corrected chi connectivity index (χ4v) is 1.62. The maximum atomic E-state index is 11.6. The third-order valence-electron chi connectivity index (χ3n) is 2.51. The molecular weight excluding hydrogens is 246 g/mol. The zero-order valence-electron chi connectivity index (χ0n) is 10.8. The van der Waals surface area contributed by atoms with Crippen molar-refractivity contribution >= 4 is 18.5 Å². The maximum absolute atomic E-state index is 11.6. The first kappa shape index (κ1) is 15.1. The summed E-state index contributed by atoms with van der Waals surface area (Å²) in [7, 11) is 0. The second-order valence-electron chi connectivity index (χ2n) is 4.16. The molecule has 3 nitrogen and oxygen atoms in total. The molecule has 1 aromatic carbocycles. The van der Waals surface area contributed by atoms with Crippen molar-refractivity contribution in [3.63, 3.8) is 0 Å². The van der Waals surface area contributed by atoms with Gasteiger partial charge in [-0.2, -0.15) is 0 Å². The van der Waals surface area contributed by atoms with Crippen LogP contribution in [0.3, 0.4) is 0 Å². The molecule has 0 unspecified atom stereocenters. The van der Waals surface area contributed by atoms with Gasteiger partial charge in [0.2, 0.25) is 5.91 Å². The molecule has 0 aliphatic rings. The molecule has 1 N–H and O–H groups in total. The van der Waals surface area contributed by atoms with Crippen LogP contribution in [0.2, 0.25) is 0 Å². The van der Waals surface area contributed by atoms with Crippen molar-refractivity contribution < 1.29 is 9.53 Å². The van der Waals surface area contributed by atoms with Gasteiger partial charge < -0.3 is 10.1 Å². The number of ether oxygens (including phenoxy) is 1. The SMILES string of the molecule is CCCCOCCNC(=O)Cc1ccc(S)cc1. The van der Waals surface area contributed by atoms with Gasteiger partial charge in [-0.05, 0) is 24.1 Å². The van der Waals surface area contributed by atoms with Crippen molar-refractivity contribution in [1.29, 1.82) is 0 Å². The number of amides is 1. The summed E-state index contributed by atoms with van der Waals surface area (Å²) in [5, 5.41) is 2.84. The number of hydrogen-bond acceptors (Lipinski definition) is 3. The van der Waals surface area contributed by atoms with E-state index in [1.54, 1.807) is 0 Å². The maximum Gasteiger partial charge on any atom is 0.224 e. The Morgan fingerprint density at radius 1 is 1.28 bits per heavy atom. The molecule has 4 heteroatoms. The Bertz CT molecular complexity index is 351. The van der Waals surface area contributed by atoms with Crippen molar-refractivity contribution in [3.8, 4) is 0 Å². The van der Waals surface area contributed by atoms with Gasteiger partial charge in [-0.3, -0.25) is 4.79 Å². The lowest BCUT2D eigenvalue weighted by Gasteiger charge is -2.06. The van der Waals surface area contributed by atoms with Gasteiger partial charge in [0.25, 0.3) is 0 Å². The van der Waals surface area contributed by atoms with E-state index in [2.05, 4.69) is 24.9 Å². The Kier molecular flexibility index (Phi) is 7.53. The van der Waals surface area contributed by atoms with E-state index in [1.807, 2.05) is 24.3 Å². The first-order valence-corrected chi connectivity index (χ1v) is 6.79. The molecule has 0 bridgehead atoms. The van der Waals surface area contributed by atoms with Crippen LogP contribution in [0.15, 0.2) is 29.2 Å². The van der Waals surface area contributed by atoms with Crippen molar-refractivity contribution in [1.82, 2.24) is 5.32 Å². The second-order valence-corrected chi connectivity index (χ2v) is 4.68. The zero-order valence-corrected chi connectivity index (χ0v) is 11.7.